The van der Waals surface area contributed by atoms with Gasteiger partial charge in [-0.05, 0) is 49.6 Å². The van der Waals surface area contributed by atoms with Gasteiger partial charge in [-0.15, -0.1) is 0 Å². The lowest BCUT2D eigenvalue weighted by Gasteiger charge is -2.33. The molecular formula is C25H32FN3O4S. The number of hydrogen-bond donors (Lipinski definition) is 1. The van der Waals surface area contributed by atoms with Crippen LogP contribution in [0.3, 0.4) is 0 Å². The van der Waals surface area contributed by atoms with Gasteiger partial charge < -0.3 is 10.2 Å². The maximum absolute atomic E-state index is 13.4. The number of hydrogen-bond acceptors (Lipinski definition) is 4. The molecule has 2 aromatic rings. The first-order valence-corrected chi connectivity index (χ1v) is 13.4. The summed E-state index contributed by atoms with van der Waals surface area (Å²) in [5.41, 5.74) is 0.997. The molecule has 0 saturated heterocycles. The molecule has 2 aromatic carbocycles. The maximum Gasteiger partial charge on any atom is 0.244 e. The summed E-state index contributed by atoms with van der Waals surface area (Å²) < 4.78 is 39.4. The van der Waals surface area contributed by atoms with Crippen molar-refractivity contribution >= 4 is 27.5 Å². The van der Waals surface area contributed by atoms with Crippen LogP contribution in [0.4, 0.5) is 10.1 Å². The van der Waals surface area contributed by atoms with Crippen LogP contribution < -0.4 is 9.62 Å². The van der Waals surface area contributed by atoms with Crippen molar-refractivity contribution < 1.29 is 22.4 Å². The van der Waals surface area contributed by atoms with Crippen LogP contribution in [0, 0.1) is 5.82 Å². The van der Waals surface area contributed by atoms with E-state index < -0.39 is 34.3 Å². The molecule has 0 heterocycles. The highest BCUT2D eigenvalue weighted by Gasteiger charge is 2.31. The second-order valence-corrected chi connectivity index (χ2v) is 10.7. The number of halogens is 1. The molecular weight excluding hydrogens is 457 g/mol. The number of carbonyl (C=O) groups is 2. The Labute approximate surface area is 201 Å². The van der Waals surface area contributed by atoms with E-state index >= 15 is 0 Å². The fourth-order valence-corrected chi connectivity index (χ4v) is 5.00. The fraction of sp³-hybridized carbons (Fsp3) is 0.440. The topological polar surface area (TPSA) is 86.8 Å². The number of nitrogens with one attached hydrogen (secondary N) is 1. The van der Waals surface area contributed by atoms with E-state index in [0.29, 0.717) is 11.3 Å². The van der Waals surface area contributed by atoms with Crippen molar-refractivity contribution in [1.82, 2.24) is 10.2 Å². The van der Waals surface area contributed by atoms with Gasteiger partial charge in [-0.1, -0.05) is 49.6 Å². The minimum atomic E-state index is -3.76. The van der Waals surface area contributed by atoms with Crippen LogP contribution in [0.2, 0.25) is 0 Å². The molecule has 1 aliphatic rings. The monoisotopic (exact) mass is 489 g/mol. The van der Waals surface area contributed by atoms with Crippen molar-refractivity contribution in [3.05, 3.63) is 66.0 Å². The molecule has 34 heavy (non-hydrogen) atoms. The number of anilines is 1. The minimum absolute atomic E-state index is 0.0464. The third kappa shape index (κ3) is 7.03. The third-order valence-corrected chi connectivity index (χ3v) is 7.25. The fourth-order valence-electron chi connectivity index (χ4n) is 4.15. The molecule has 1 fully saturated rings. The largest absolute Gasteiger partial charge is 0.352 e. The van der Waals surface area contributed by atoms with Crippen LogP contribution in [0.5, 0.6) is 0 Å². The van der Waals surface area contributed by atoms with E-state index in [9.17, 15) is 22.4 Å². The van der Waals surface area contributed by atoms with Crippen molar-refractivity contribution in [1.29, 1.82) is 0 Å². The Hall–Kier alpha value is -2.94. The number of benzene rings is 2. The summed E-state index contributed by atoms with van der Waals surface area (Å²) in [4.78, 5) is 27.9. The average Bonchev–Trinajstić information content (AvgIpc) is 2.82. The molecule has 9 heteroatoms. The van der Waals surface area contributed by atoms with Gasteiger partial charge >= 0.3 is 0 Å². The van der Waals surface area contributed by atoms with Gasteiger partial charge in [-0.2, -0.15) is 0 Å². The van der Waals surface area contributed by atoms with Crippen LogP contribution in [-0.2, 0) is 26.2 Å². The molecule has 2 amide bonds. The van der Waals surface area contributed by atoms with Gasteiger partial charge in [0.25, 0.3) is 0 Å². The molecule has 0 aromatic heterocycles. The predicted molar refractivity (Wildman–Crippen MR) is 130 cm³/mol. The predicted octanol–water partition coefficient (Wildman–Crippen LogP) is 3.46. The third-order valence-electron chi connectivity index (χ3n) is 6.11. The number of rotatable bonds is 9. The zero-order valence-electron chi connectivity index (χ0n) is 19.6. The highest BCUT2D eigenvalue weighted by atomic mass is 32.2. The molecule has 7 nitrogen and oxygen atoms in total. The summed E-state index contributed by atoms with van der Waals surface area (Å²) in [6.07, 6.45) is 6.10. The van der Waals surface area contributed by atoms with Crippen molar-refractivity contribution in [3.8, 4) is 0 Å². The quantitative estimate of drug-likeness (QED) is 0.585. The van der Waals surface area contributed by atoms with E-state index in [1.165, 1.54) is 17.0 Å². The standard InChI is InChI=1S/C25H32FN3O4S/c1-19(25(31)27-22-9-5-3-6-10-22)28(17-20-13-15-21(26)16-14-20)24(30)18-29(34(2,32)33)23-11-7-4-8-12-23/h4,7-8,11-16,19,22H,3,5-6,9-10,17-18H2,1-2H3,(H,27,31). The SMILES string of the molecule is CC(C(=O)NC1CCCCC1)N(Cc1ccc(F)cc1)C(=O)CN(c1ccccc1)S(C)(=O)=O. The number of amides is 2. The Bertz CT molecular complexity index is 1070. The first-order chi connectivity index (χ1) is 16.1. The number of sulfonamides is 1. The first-order valence-electron chi connectivity index (χ1n) is 11.5. The molecule has 0 bridgehead atoms. The van der Waals surface area contributed by atoms with E-state index in [1.54, 1.807) is 49.4 Å². The highest BCUT2D eigenvalue weighted by Crippen LogP contribution is 2.20. The average molecular weight is 490 g/mol. The summed E-state index contributed by atoms with van der Waals surface area (Å²) in [5, 5.41) is 3.04. The van der Waals surface area contributed by atoms with Crippen molar-refractivity contribution in [2.75, 3.05) is 17.1 Å². The summed E-state index contributed by atoms with van der Waals surface area (Å²) in [6, 6.07) is 13.3. The van der Waals surface area contributed by atoms with Gasteiger partial charge in [-0.3, -0.25) is 13.9 Å². The molecule has 1 saturated carbocycles. The molecule has 0 spiro atoms. The highest BCUT2D eigenvalue weighted by molar-refractivity contribution is 7.92. The number of nitrogens with zero attached hydrogens (tertiary/aromatic N) is 2. The van der Waals surface area contributed by atoms with Crippen molar-refractivity contribution in [3.63, 3.8) is 0 Å². The van der Waals surface area contributed by atoms with E-state index in [0.717, 1.165) is 42.7 Å². The van der Waals surface area contributed by atoms with Crippen molar-refractivity contribution in [2.45, 2.75) is 57.7 Å². The molecule has 1 N–H and O–H groups in total. The zero-order valence-corrected chi connectivity index (χ0v) is 20.4. The maximum atomic E-state index is 13.4. The summed E-state index contributed by atoms with van der Waals surface area (Å²) in [6.45, 7) is 1.22. The Balaban J connectivity index is 1.84. The summed E-state index contributed by atoms with van der Waals surface area (Å²) in [7, 11) is -3.76. The van der Waals surface area contributed by atoms with Gasteiger partial charge in [0.15, 0.2) is 0 Å². The molecule has 0 aliphatic heterocycles. The normalized spacial score (nSPS) is 15.4. The first kappa shape index (κ1) is 25.7. The zero-order chi connectivity index (χ0) is 24.7. The summed E-state index contributed by atoms with van der Waals surface area (Å²) >= 11 is 0. The minimum Gasteiger partial charge on any atom is -0.352 e. The number of carbonyl (C=O) groups excluding carboxylic acids is 2. The van der Waals surface area contributed by atoms with Crippen LogP contribution in [0.1, 0.15) is 44.6 Å². The second-order valence-electron chi connectivity index (χ2n) is 8.77. The van der Waals surface area contributed by atoms with E-state index in [-0.39, 0.29) is 18.5 Å². The van der Waals surface area contributed by atoms with Crippen LogP contribution >= 0.6 is 0 Å². The van der Waals surface area contributed by atoms with Gasteiger partial charge in [0, 0.05) is 12.6 Å². The van der Waals surface area contributed by atoms with Gasteiger partial charge in [0.1, 0.15) is 18.4 Å². The Kier molecular flexibility index (Phi) is 8.66. The van der Waals surface area contributed by atoms with Crippen LogP contribution in [0.25, 0.3) is 0 Å². The molecule has 1 atom stereocenters. The van der Waals surface area contributed by atoms with Gasteiger partial charge in [0.05, 0.1) is 11.9 Å². The molecule has 1 aliphatic carbocycles. The van der Waals surface area contributed by atoms with Crippen LogP contribution in [-0.4, -0.2) is 50.0 Å². The molecule has 184 valence electrons. The number of para-hydroxylation sites is 1. The molecule has 3 rings (SSSR count). The lowest BCUT2D eigenvalue weighted by molar-refractivity contribution is -0.139. The van der Waals surface area contributed by atoms with Gasteiger partial charge in [-0.25, -0.2) is 12.8 Å². The van der Waals surface area contributed by atoms with E-state index in [1.807, 2.05) is 0 Å². The Morgan fingerprint density at radius 3 is 2.24 bits per heavy atom. The molecule has 1 unspecified atom stereocenters. The lowest BCUT2D eigenvalue weighted by Crippen LogP contribution is -2.52. The van der Waals surface area contributed by atoms with Gasteiger partial charge in [0.2, 0.25) is 21.8 Å². The second kappa shape index (κ2) is 11.5. The Morgan fingerprint density at radius 2 is 1.65 bits per heavy atom. The smallest absolute Gasteiger partial charge is 0.244 e. The van der Waals surface area contributed by atoms with Crippen molar-refractivity contribution in [2.24, 2.45) is 0 Å². The van der Waals surface area contributed by atoms with Crippen LogP contribution in [0.15, 0.2) is 54.6 Å². The molecule has 0 radical (unpaired) electrons. The van der Waals surface area contributed by atoms with E-state index in [4.69, 9.17) is 0 Å². The summed E-state index contributed by atoms with van der Waals surface area (Å²) in [5.74, 6) is -1.21. The lowest BCUT2D eigenvalue weighted by atomic mass is 9.95. The Morgan fingerprint density at radius 1 is 1.03 bits per heavy atom. The van der Waals surface area contributed by atoms with E-state index in [2.05, 4.69) is 5.32 Å².